The first kappa shape index (κ1) is 15.8. The van der Waals surface area contributed by atoms with Crippen molar-refractivity contribution in [2.45, 2.75) is 32.0 Å². The Morgan fingerprint density at radius 2 is 2.12 bits per heavy atom. The Balaban J connectivity index is 1.50. The summed E-state index contributed by atoms with van der Waals surface area (Å²) in [5.41, 5.74) is 2.77. The van der Waals surface area contributed by atoms with Crippen molar-refractivity contribution < 1.29 is 9.47 Å². The molecule has 0 radical (unpaired) electrons. The summed E-state index contributed by atoms with van der Waals surface area (Å²) in [5, 5.41) is 3.35. The third-order valence-corrected chi connectivity index (χ3v) is 4.44. The molecule has 1 aromatic carbocycles. The van der Waals surface area contributed by atoms with E-state index in [0.29, 0.717) is 6.54 Å². The Labute approximate surface area is 146 Å². The maximum atomic E-state index is 5.71. The van der Waals surface area contributed by atoms with Crippen molar-refractivity contribution in [1.29, 1.82) is 0 Å². The molecule has 1 aliphatic rings. The number of rotatable bonds is 6. The van der Waals surface area contributed by atoms with Crippen molar-refractivity contribution in [3.05, 3.63) is 42.5 Å². The van der Waals surface area contributed by atoms with Crippen LogP contribution >= 0.6 is 0 Å². The summed E-state index contributed by atoms with van der Waals surface area (Å²) in [6.45, 7) is 2.29. The highest BCUT2D eigenvalue weighted by Crippen LogP contribution is 2.21. The van der Waals surface area contributed by atoms with Gasteiger partial charge in [-0.3, -0.25) is 0 Å². The fourth-order valence-electron chi connectivity index (χ4n) is 3.08. The highest BCUT2D eigenvalue weighted by molar-refractivity contribution is 5.82. The van der Waals surface area contributed by atoms with Crippen LogP contribution in [-0.2, 0) is 17.8 Å². The van der Waals surface area contributed by atoms with Crippen LogP contribution in [0.3, 0.4) is 0 Å². The molecular weight excluding hydrogens is 318 g/mol. The number of nitrogens with zero attached hydrogens (tertiary/aromatic N) is 4. The predicted octanol–water partition coefficient (Wildman–Crippen LogP) is 2.63. The molecule has 3 heterocycles. The summed E-state index contributed by atoms with van der Waals surface area (Å²) >= 11 is 0. The van der Waals surface area contributed by atoms with E-state index in [2.05, 4.69) is 20.3 Å². The van der Waals surface area contributed by atoms with Crippen molar-refractivity contribution in [2.24, 2.45) is 0 Å². The second-order valence-electron chi connectivity index (χ2n) is 6.13. The van der Waals surface area contributed by atoms with E-state index in [1.165, 1.54) is 0 Å². The van der Waals surface area contributed by atoms with Gasteiger partial charge in [0.05, 0.1) is 26.1 Å². The number of fused-ring (bicyclic) bond motifs is 1. The summed E-state index contributed by atoms with van der Waals surface area (Å²) in [7, 11) is 1.66. The zero-order valence-corrected chi connectivity index (χ0v) is 14.2. The molecule has 25 heavy (non-hydrogen) atoms. The number of methoxy groups -OCH3 is 1. The van der Waals surface area contributed by atoms with E-state index in [-0.39, 0.29) is 6.10 Å². The molecule has 1 unspecified atom stereocenters. The Bertz CT molecular complexity index is 840. The average Bonchev–Trinajstić information content (AvgIpc) is 3.31. The molecule has 1 atom stereocenters. The number of hydrogen-bond donors (Lipinski definition) is 1. The Morgan fingerprint density at radius 3 is 2.88 bits per heavy atom. The number of anilines is 1. The summed E-state index contributed by atoms with van der Waals surface area (Å²) in [6.07, 6.45) is 5.86. The number of nitrogens with one attached hydrogen (secondary N) is 1. The third-order valence-electron chi connectivity index (χ3n) is 4.44. The molecule has 1 saturated heterocycles. The summed E-state index contributed by atoms with van der Waals surface area (Å²) in [4.78, 5) is 13.2. The Morgan fingerprint density at radius 1 is 1.24 bits per heavy atom. The van der Waals surface area contributed by atoms with E-state index in [9.17, 15) is 0 Å². The highest BCUT2D eigenvalue weighted by atomic mass is 16.5. The lowest BCUT2D eigenvalue weighted by Crippen LogP contribution is -2.14. The highest BCUT2D eigenvalue weighted by Gasteiger charge is 2.18. The summed E-state index contributed by atoms with van der Waals surface area (Å²) < 4.78 is 12.9. The molecule has 3 aromatic rings. The molecule has 0 spiro atoms. The standard InChI is InChI=1S/C18H21N5O2/c1-24-14-6-4-13(5-7-14)9-19-17-16-18(21-11-20-17)23(12-22-16)10-15-3-2-8-25-15/h4-7,11-12,15H,2-3,8-10H2,1H3,(H,19,20,21). The van der Waals surface area contributed by atoms with Gasteiger partial charge in [-0.25, -0.2) is 15.0 Å². The fraction of sp³-hybridized carbons (Fsp3) is 0.389. The molecule has 7 heteroatoms. The van der Waals surface area contributed by atoms with Gasteiger partial charge in [0.15, 0.2) is 11.5 Å². The topological polar surface area (TPSA) is 74.1 Å². The van der Waals surface area contributed by atoms with Crippen LogP contribution in [0.1, 0.15) is 18.4 Å². The maximum absolute atomic E-state index is 5.71. The number of ether oxygens (including phenoxy) is 2. The van der Waals surface area contributed by atoms with Crippen LogP contribution in [0.2, 0.25) is 0 Å². The predicted molar refractivity (Wildman–Crippen MR) is 94.6 cm³/mol. The molecule has 130 valence electrons. The Kier molecular flexibility index (Phi) is 4.47. The molecule has 4 rings (SSSR count). The van der Waals surface area contributed by atoms with E-state index in [1.807, 2.05) is 35.2 Å². The van der Waals surface area contributed by atoms with E-state index < -0.39 is 0 Å². The van der Waals surface area contributed by atoms with E-state index in [1.54, 1.807) is 13.4 Å². The van der Waals surface area contributed by atoms with E-state index in [4.69, 9.17) is 9.47 Å². The quantitative estimate of drug-likeness (QED) is 0.744. The minimum Gasteiger partial charge on any atom is -0.497 e. The average molecular weight is 339 g/mol. The normalized spacial score (nSPS) is 17.1. The lowest BCUT2D eigenvalue weighted by molar-refractivity contribution is 0.0978. The van der Waals surface area contributed by atoms with Crippen molar-refractivity contribution >= 4 is 17.0 Å². The van der Waals surface area contributed by atoms with Crippen LogP contribution < -0.4 is 10.1 Å². The zero-order chi connectivity index (χ0) is 17.1. The first-order valence-corrected chi connectivity index (χ1v) is 8.48. The van der Waals surface area contributed by atoms with Crippen LogP contribution in [0, 0.1) is 0 Å². The van der Waals surface area contributed by atoms with Gasteiger partial charge in [0.2, 0.25) is 0 Å². The van der Waals surface area contributed by atoms with Crippen LogP contribution in [0.15, 0.2) is 36.9 Å². The molecule has 2 aromatic heterocycles. The smallest absolute Gasteiger partial charge is 0.165 e. The summed E-state index contributed by atoms with van der Waals surface area (Å²) in [5.74, 6) is 1.59. The van der Waals surface area contributed by atoms with Crippen molar-refractivity contribution in [3.8, 4) is 5.75 Å². The molecule has 0 saturated carbocycles. The van der Waals surface area contributed by atoms with Crippen LogP contribution in [-0.4, -0.2) is 39.3 Å². The zero-order valence-electron chi connectivity index (χ0n) is 14.2. The maximum Gasteiger partial charge on any atom is 0.165 e. The van der Waals surface area contributed by atoms with Gasteiger partial charge in [-0.05, 0) is 30.5 Å². The van der Waals surface area contributed by atoms with Crippen LogP contribution in [0.4, 0.5) is 5.82 Å². The van der Waals surface area contributed by atoms with Gasteiger partial charge in [0, 0.05) is 13.2 Å². The largest absolute Gasteiger partial charge is 0.497 e. The monoisotopic (exact) mass is 339 g/mol. The van der Waals surface area contributed by atoms with Crippen LogP contribution in [0.25, 0.3) is 11.2 Å². The first-order valence-electron chi connectivity index (χ1n) is 8.48. The summed E-state index contributed by atoms with van der Waals surface area (Å²) in [6, 6.07) is 7.95. The number of hydrogen-bond acceptors (Lipinski definition) is 6. The first-order chi connectivity index (χ1) is 12.3. The van der Waals surface area contributed by atoms with E-state index >= 15 is 0 Å². The van der Waals surface area contributed by atoms with Gasteiger partial charge in [0.1, 0.15) is 17.6 Å². The third kappa shape index (κ3) is 3.41. The molecule has 0 aliphatic carbocycles. The number of benzene rings is 1. The molecule has 0 bridgehead atoms. The molecule has 7 nitrogen and oxygen atoms in total. The lowest BCUT2D eigenvalue weighted by Gasteiger charge is -2.10. The lowest BCUT2D eigenvalue weighted by atomic mass is 10.2. The van der Waals surface area contributed by atoms with Crippen molar-refractivity contribution in [1.82, 2.24) is 19.5 Å². The second kappa shape index (κ2) is 7.06. The fourth-order valence-corrected chi connectivity index (χ4v) is 3.08. The minimum absolute atomic E-state index is 0.253. The number of imidazole rings is 1. The van der Waals surface area contributed by atoms with Crippen molar-refractivity contribution in [2.75, 3.05) is 19.0 Å². The van der Waals surface area contributed by atoms with Gasteiger partial charge < -0.3 is 19.4 Å². The molecule has 1 N–H and O–H groups in total. The van der Waals surface area contributed by atoms with Gasteiger partial charge in [0.25, 0.3) is 0 Å². The number of aromatic nitrogens is 4. The minimum atomic E-state index is 0.253. The van der Waals surface area contributed by atoms with Gasteiger partial charge in [-0.1, -0.05) is 12.1 Å². The van der Waals surface area contributed by atoms with E-state index in [0.717, 1.165) is 54.3 Å². The van der Waals surface area contributed by atoms with Crippen molar-refractivity contribution in [3.63, 3.8) is 0 Å². The van der Waals surface area contributed by atoms with Gasteiger partial charge in [-0.15, -0.1) is 0 Å². The Hall–Kier alpha value is -2.67. The molecule has 0 amide bonds. The van der Waals surface area contributed by atoms with Crippen LogP contribution in [0.5, 0.6) is 5.75 Å². The van der Waals surface area contributed by atoms with Gasteiger partial charge in [-0.2, -0.15) is 0 Å². The molecular formula is C18H21N5O2. The molecule has 1 fully saturated rings. The van der Waals surface area contributed by atoms with Gasteiger partial charge >= 0.3 is 0 Å². The second-order valence-corrected chi connectivity index (χ2v) is 6.13. The SMILES string of the molecule is COc1ccc(CNc2ncnc3c2ncn3CC2CCCO2)cc1. The molecule has 1 aliphatic heterocycles.